The van der Waals surface area contributed by atoms with Gasteiger partial charge in [0.1, 0.15) is 5.75 Å². The minimum absolute atomic E-state index is 0.179. The smallest absolute Gasteiger partial charge is 0.250 e. The molecule has 23 heavy (non-hydrogen) atoms. The molecule has 0 saturated carbocycles. The Morgan fingerprint density at radius 3 is 2.65 bits per heavy atom. The van der Waals surface area contributed by atoms with Crippen LogP contribution in [0.3, 0.4) is 0 Å². The first-order valence-electron chi connectivity index (χ1n) is 7.74. The Bertz CT molecular complexity index is 655. The molecule has 0 atom stereocenters. The maximum absolute atomic E-state index is 11.9. The molecule has 2 rings (SSSR count). The zero-order valence-electron chi connectivity index (χ0n) is 13.8. The molecular formula is C18H22N2O2S. The molecule has 0 radical (unpaired) electrons. The highest BCUT2D eigenvalue weighted by atomic mass is 32.1. The number of ether oxygens (including phenoxy) is 1. The highest BCUT2D eigenvalue weighted by Crippen LogP contribution is 2.21. The second-order valence-electron chi connectivity index (χ2n) is 5.25. The van der Waals surface area contributed by atoms with E-state index in [0.29, 0.717) is 5.13 Å². The summed E-state index contributed by atoms with van der Waals surface area (Å²) in [5.41, 5.74) is 1.91. The van der Waals surface area contributed by atoms with Crippen LogP contribution in [0.4, 0.5) is 5.13 Å². The maximum Gasteiger partial charge on any atom is 0.250 e. The van der Waals surface area contributed by atoms with Crippen LogP contribution < -0.4 is 10.1 Å². The second-order valence-corrected chi connectivity index (χ2v) is 6.46. The Balaban J connectivity index is 1.87. The van der Waals surface area contributed by atoms with E-state index >= 15 is 0 Å². The normalized spacial score (nSPS) is 10.9. The lowest BCUT2D eigenvalue weighted by Gasteiger charge is -2.05. The Hall–Kier alpha value is -2.14. The van der Waals surface area contributed by atoms with Crippen LogP contribution in [-0.4, -0.2) is 17.5 Å². The van der Waals surface area contributed by atoms with Gasteiger partial charge in [0, 0.05) is 11.0 Å². The summed E-state index contributed by atoms with van der Waals surface area (Å²) in [6.45, 7) is 6.79. The largest absolute Gasteiger partial charge is 0.494 e. The van der Waals surface area contributed by atoms with Crippen LogP contribution in [0.2, 0.25) is 0 Å². The molecule has 1 amide bonds. The van der Waals surface area contributed by atoms with E-state index < -0.39 is 0 Å². The number of nitrogens with zero attached hydrogens (tertiary/aromatic N) is 1. The van der Waals surface area contributed by atoms with Gasteiger partial charge in [-0.15, -0.1) is 11.3 Å². The van der Waals surface area contributed by atoms with Crippen molar-refractivity contribution in [2.24, 2.45) is 0 Å². The molecule has 0 aliphatic heterocycles. The van der Waals surface area contributed by atoms with Gasteiger partial charge in [0.15, 0.2) is 5.13 Å². The summed E-state index contributed by atoms with van der Waals surface area (Å²) in [5, 5.41) is 3.41. The lowest BCUT2D eigenvalue weighted by molar-refractivity contribution is -0.111. The predicted molar refractivity (Wildman–Crippen MR) is 96.1 cm³/mol. The van der Waals surface area contributed by atoms with Crippen LogP contribution in [0, 0.1) is 13.8 Å². The van der Waals surface area contributed by atoms with Gasteiger partial charge in [0.05, 0.1) is 12.3 Å². The Morgan fingerprint density at radius 1 is 1.30 bits per heavy atom. The number of rotatable bonds is 7. The van der Waals surface area contributed by atoms with Crippen molar-refractivity contribution in [3.63, 3.8) is 0 Å². The number of amides is 1. The molecule has 1 N–H and O–H groups in total. The van der Waals surface area contributed by atoms with E-state index in [0.717, 1.165) is 41.3 Å². The molecule has 2 aromatic rings. The zero-order valence-corrected chi connectivity index (χ0v) is 14.6. The van der Waals surface area contributed by atoms with Gasteiger partial charge >= 0.3 is 0 Å². The quantitative estimate of drug-likeness (QED) is 0.596. The molecule has 1 aromatic carbocycles. The number of carbonyl (C=O) groups excluding carboxylic acids is 1. The Morgan fingerprint density at radius 2 is 2.04 bits per heavy atom. The summed E-state index contributed by atoms with van der Waals surface area (Å²) in [7, 11) is 0. The Labute approximate surface area is 141 Å². The Kier molecular flexibility index (Phi) is 6.35. The highest BCUT2D eigenvalue weighted by molar-refractivity contribution is 7.15. The fourth-order valence-electron chi connectivity index (χ4n) is 1.85. The van der Waals surface area contributed by atoms with E-state index in [-0.39, 0.29) is 5.91 Å². The fraction of sp³-hybridized carbons (Fsp3) is 0.333. The molecule has 0 aliphatic carbocycles. The number of aromatic nitrogens is 1. The number of benzene rings is 1. The highest BCUT2D eigenvalue weighted by Gasteiger charge is 2.05. The summed E-state index contributed by atoms with van der Waals surface area (Å²) >= 11 is 1.48. The van der Waals surface area contributed by atoms with Gasteiger partial charge in [-0.2, -0.15) is 0 Å². The van der Waals surface area contributed by atoms with Crippen LogP contribution in [0.5, 0.6) is 5.75 Å². The van der Waals surface area contributed by atoms with Crippen molar-refractivity contribution in [2.45, 2.75) is 33.6 Å². The van der Waals surface area contributed by atoms with Crippen LogP contribution in [0.1, 0.15) is 35.9 Å². The molecule has 1 heterocycles. The number of carbonyl (C=O) groups is 1. The van der Waals surface area contributed by atoms with Crippen molar-refractivity contribution >= 4 is 28.5 Å². The van der Waals surface area contributed by atoms with Gasteiger partial charge in [-0.3, -0.25) is 10.1 Å². The SMILES string of the molecule is CCCCOc1ccc(/C=C/C(=O)Nc2nc(C)c(C)s2)cc1. The number of hydrogen-bond donors (Lipinski definition) is 1. The molecule has 4 nitrogen and oxygen atoms in total. The van der Waals surface area contributed by atoms with E-state index in [1.807, 2.05) is 38.1 Å². The fourth-order valence-corrected chi connectivity index (χ4v) is 2.67. The summed E-state index contributed by atoms with van der Waals surface area (Å²) in [6, 6.07) is 7.70. The minimum atomic E-state index is -0.179. The lowest BCUT2D eigenvalue weighted by atomic mass is 10.2. The molecular weight excluding hydrogens is 308 g/mol. The van der Waals surface area contributed by atoms with Crippen molar-refractivity contribution in [2.75, 3.05) is 11.9 Å². The third-order valence-electron chi connectivity index (χ3n) is 3.33. The molecule has 0 saturated heterocycles. The van der Waals surface area contributed by atoms with E-state index in [1.165, 1.54) is 17.4 Å². The van der Waals surface area contributed by atoms with Crippen LogP contribution in [0.15, 0.2) is 30.3 Å². The average Bonchev–Trinajstić information content (AvgIpc) is 2.84. The lowest BCUT2D eigenvalue weighted by Crippen LogP contribution is -2.07. The summed E-state index contributed by atoms with van der Waals surface area (Å²) in [6.07, 6.45) is 5.46. The van der Waals surface area contributed by atoms with Crippen molar-refractivity contribution in [1.82, 2.24) is 4.98 Å². The van der Waals surface area contributed by atoms with Gasteiger partial charge in [-0.25, -0.2) is 4.98 Å². The van der Waals surface area contributed by atoms with Gasteiger partial charge in [-0.05, 0) is 44.0 Å². The predicted octanol–water partition coefficient (Wildman–Crippen LogP) is 4.59. The van der Waals surface area contributed by atoms with E-state index in [1.54, 1.807) is 6.08 Å². The number of anilines is 1. The average molecular weight is 330 g/mol. The topological polar surface area (TPSA) is 51.2 Å². The monoisotopic (exact) mass is 330 g/mol. The number of aryl methyl sites for hydroxylation is 2. The maximum atomic E-state index is 11.9. The van der Waals surface area contributed by atoms with Gasteiger partial charge in [-0.1, -0.05) is 25.5 Å². The summed E-state index contributed by atoms with van der Waals surface area (Å²) < 4.78 is 5.61. The molecule has 0 spiro atoms. The number of unbranched alkanes of at least 4 members (excludes halogenated alkanes) is 1. The standard InChI is InChI=1S/C18H22N2O2S/c1-4-5-12-22-16-9-6-15(7-10-16)8-11-17(21)20-18-19-13(2)14(3)23-18/h6-11H,4-5,12H2,1-3H3,(H,19,20,21)/b11-8+. The number of thiazole rings is 1. The molecule has 0 unspecified atom stereocenters. The van der Waals surface area contributed by atoms with Crippen molar-refractivity contribution < 1.29 is 9.53 Å². The van der Waals surface area contributed by atoms with E-state index in [4.69, 9.17) is 4.74 Å². The first-order valence-corrected chi connectivity index (χ1v) is 8.56. The summed E-state index contributed by atoms with van der Waals surface area (Å²) in [4.78, 5) is 17.3. The zero-order chi connectivity index (χ0) is 16.7. The molecule has 122 valence electrons. The van der Waals surface area contributed by atoms with Gasteiger partial charge in [0.25, 0.3) is 0 Å². The second kappa shape index (κ2) is 8.48. The molecule has 1 aromatic heterocycles. The van der Waals surface area contributed by atoms with Crippen LogP contribution in [-0.2, 0) is 4.79 Å². The molecule has 0 bridgehead atoms. The third kappa shape index (κ3) is 5.53. The van der Waals surface area contributed by atoms with E-state index in [9.17, 15) is 4.79 Å². The number of hydrogen-bond acceptors (Lipinski definition) is 4. The molecule has 0 fully saturated rings. The molecule has 5 heteroatoms. The summed E-state index contributed by atoms with van der Waals surface area (Å²) in [5.74, 6) is 0.677. The van der Waals surface area contributed by atoms with Gasteiger partial charge in [0.2, 0.25) is 5.91 Å². The van der Waals surface area contributed by atoms with Crippen molar-refractivity contribution in [1.29, 1.82) is 0 Å². The first-order chi connectivity index (χ1) is 11.1. The first kappa shape index (κ1) is 17.2. The minimum Gasteiger partial charge on any atom is -0.494 e. The van der Waals surface area contributed by atoms with Crippen molar-refractivity contribution in [3.05, 3.63) is 46.5 Å². The third-order valence-corrected chi connectivity index (χ3v) is 4.32. The molecule has 0 aliphatic rings. The van der Waals surface area contributed by atoms with Gasteiger partial charge < -0.3 is 4.74 Å². The van der Waals surface area contributed by atoms with Crippen molar-refractivity contribution in [3.8, 4) is 5.75 Å². The van der Waals surface area contributed by atoms with E-state index in [2.05, 4.69) is 17.2 Å². The van der Waals surface area contributed by atoms with Crippen LogP contribution in [0.25, 0.3) is 6.08 Å². The van der Waals surface area contributed by atoms with Crippen LogP contribution >= 0.6 is 11.3 Å². The number of nitrogens with one attached hydrogen (secondary N) is 1.